The molecule has 0 saturated carbocycles. The van der Waals surface area contributed by atoms with Crippen molar-refractivity contribution in [1.29, 1.82) is 0 Å². The number of nitrogens with zero attached hydrogens (tertiary/aromatic N) is 2. The van der Waals surface area contributed by atoms with E-state index >= 15 is 0 Å². The lowest BCUT2D eigenvalue weighted by molar-refractivity contribution is -0.148. The molecule has 2 amide bonds. The van der Waals surface area contributed by atoms with Gasteiger partial charge in [-0.1, -0.05) is 6.92 Å². The smallest absolute Gasteiger partial charge is 0.263 e. The molecule has 5 nitrogen and oxygen atoms in total. The highest BCUT2D eigenvalue weighted by molar-refractivity contribution is 7.14. The second-order valence-electron chi connectivity index (χ2n) is 7.64. The first-order valence-electron chi connectivity index (χ1n) is 9.71. The molecule has 0 aromatic carbocycles. The maximum atomic E-state index is 12.8. The Kier molecular flexibility index (Phi) is 6.03. The minimum absolute atomic E-state index is 0.0350. The van der Waals surface area contributed by atoms with Crippen molar-refractivity contribution in [3.63, 3.8) is 0 Å². The zero-order chi connectivity index (χ0) is 18.8. The van der Waals surface area contributed by atoms with Gasteiger partial charge in [0.2, 0.25) is 5.91 Å². The molecule has 2 atom stereocenters. The number of carbonyl (C=O) groups is 2. The predicted octanol–water partition coefficient (Wildman–Crippen LogP) is 3.11. The van der Waals surface area contributed by atoms with Gasteiger partial charge in [0, 0.05) is 37.0 Å². The molecule has 2 aliphatic heterocycles. The Morgan fingerprint density at radius 2 is 1.77 bits per heavy atom. The summed E-state index contributed by atoms with van der Waals surface area (Å²) in [5, 5.41) is 0. The van der Waals surface area contributed by atoms with Crippen LogP contribution in [0.1, 0.15) is 53.7 Å². The van der Waals surface area contributed by atoms with E-state index in [4.69, 9.17) is 4.74 Å². The Labute approximate surface area is 160 Å². The van der Waals surface area contributed by atoms with Gasteiger partial charge < -0.3 is 14.5 Å². The van der Waals surface area contributed by atoms with E-state index in [1.165, 1.54) is 10.4 Å². The molecule has 0 N–H and O–H groups in total. The zero-order valence-corrected chi connectivity index (χ0v) is 17.1. The SMILES string of the molecule is CCc1sc(C(=O)N2CCC(C(=O)N3C[C@@H](C)O[C@H](C)C3)CC2)cc1C. The number of rotatable bonds is 3. The topological polar surface area (TPSA) is 49.9 Å². The highest BCUT2D eigenvalue weighted by atomic mass is 32.1. The number of ether oxygens (including phenoxy) is 1. The van der Waals surface area contributed by atoms with E-state index in [2.05, 4.69) is 13.8 Å². The summed E-state index contributed by atoms with van der Waals surface area (Å²) in [6.45, 7) is 10.9. The van der Waals surface area contributed by atoms with Crippen molar-refractivity contribution in [2.75, 3.05) is 26.2 Å². The number of hydrogen-bond acceptors (Lipinski definition) is 4. The van der Waals surface area contributed by atoms with Gasteiger partial charge in [0.25, 0.3) is 5.91 Å². The summed E-state index contributed by atoms with van der Waals surface area (Å²) in [7, 11) is 0. The van der Waals surface area contributed by atoms with Crippen LogP contribution in [-0.4, -0.2) is 60.0 Å². The molecule has 0 aliphatic carbocycles. The van der Waals surface area contributed by atoms with Crippen LogP contribution in [0.25, 0.3) is 0 Å². The Morgan fingerprint density at radius 3 is 2.31 bits per heavy atom. The normalized spacial score (nSPS) is 24.8. The van der Waals surface area contributed by atoms with Crippen molar-refractivity contribution in [1.82, 2.24) is 9.80 Å². The van der Waals surface area contributed by atoms with Crippen LogP contribution in [0.4, 0.5) is 0 Å². The summed E-state index contributed by atoms with van der Waals surface area (Å²) in [5.41, 5.74) is 1.21. The van der Waals surface area contributed by atoms with Gasteiger partial charge in [0.05, 0.1) is 17.1 Å². The standard InChI is InChI=1S/C20H30N2O3S/c1-5-17-13(2)10-18(26-17)20(24)21-8-6-16(7-9-21)19(23)22-11-14(3)25-15(4)12-22/h10,14-16H,5-9,11-12H2,1-4H3/t14-,15-/m1/s1. The molecule has 6 heteroatoms. The maximum absolute atomic E-state index is 12.8. The van der Waals surface area contributed by atoms with Crippen LogP contribution >= 0.6 is 11.3 Å². The van der Waals surface area contributed by atoms with Crippen molar-refractivity contribution in [2.24, 2.45) is 5.92 Å². The Morgan fingerprint density at radius 1 is 1.15 bits per heavy atom. The second kappa shape index (κ2) is 8.09. The summed E-state index contributed by atoms with van der Waals surface area (Å²) in [6, 6.07) is 2.01. The maximum Gasteiger partial charge on any atom is 0.263 e. The molecule has 1 aromatic rings. The average molecular weight is 379 g/mol. The van der Waals surface area contributed by atoms with Crippen LogP contribution in [0.2, 0.25) is 0 Å². The lowest BCUT2D eigenvalue weighted by atomic mass is 9.94. The van der Waals surface area contributed by atoms with E-state index in [1.54, 1.807) is 11.3 Å². The number of hydrogen-bond donors (Lipinski definition) is 0. The summed E-state index contributed by atoms with van der Waals surface area (Å²) >= 11 is 1.61. The Bertz CT molecular complexity index is 654. The number of morpholine rings is 1. The molecule has 144 valence electrons. The third-order valence-electron chi connectivity index (χ3n) is 5.42. The molecular weight excluding hydrogens is 348 g/mol. The Hall–Kier alpha value is -1.40. The third kappa shape index (κ3) is 4.12. The van der Waals surface area contributed by atoms with Gasteiger partial charge in [-0.15, -0.1) is 11.3 Å². The molecule has 3 rings (SSSR count). The lowest BCUT2D eigenvalue weighted by Crippen LogP contribution is -2.51. The van der Waals surface area contributed by atoms with Gasteiger partial charge in [-0.3, -0.25) is 9.59 Å². The van der Waals surface area contributed by atoms with Crippen LogP contribution in [0, 0.1) is 12.8 Å². The fourth-order valence-corrected chi connectivity index (χ4v) is 5.16. The molecular formula is C20H30N2O3S. The fraction of sp³-hybridized carbons (Fsp3) is 0.700. The second-order valence-corrected chi connectivity index (χ2v) is 8.77. The number of likely N-dealkylation sites (tertiary alicyclic amines) is 1. The van der Waals surface area contributed by atoms with Gasteiger partial charge in [-0.25, -0.2) is 0 Å². The average Bonchev–Trinajstić information content (AvgIpc) is 3.00. The van der Waals surface area contributed by atoms with Gasteiger partial charge >= 0.3 is 0 Å². The van der Waals surface area contributed by atoms with Gasteiger partial charge in [-0.2, -0.15) is 0 Å². The Balaban J connectivity index is 1.56. The van der Waals surface area contributed by atoms with Crippen LogP contribution in [0.5, 0.6) is 0 Å². The molecule has 0 bridgehead atoms. The quantitative estimate of drug-likeness (QED) is 0.812. The fourth-order valence-electron chi connectivity index (χ4n) is 4.08. The molecule has 26 heavy (non-hydrogen) atoms. The monoisotopic (exact) mass is 378 g/mol. The third-order valence-corrected chi connectivity index (χ3v) is 6.78. The van der Waals surface area contributed by atoms with Crippen LogP contribution in [-0.2, 0) is 16.0 Å². The molecule has 0 radical (unpaired) electrons. The van der Waals surface area contributed by atoms with Crippen LogP contribution in [0.3, 0.4) is 0 Å². The molecule has 2 saturated heterocycles. The lowest BCUT2D eigenvalue weighted by Gasteiger charge is -2.39. The van der Waals surface area contributed by atoms with Crippen molar-refractivity contribution in [3.05, 3.63) is 21.4 Å². The summed E-state index contributed by atoms with van der Waals surface area (Å²) in [5.74, 6) is 0.393. The predicted molar refractivity (Wildman–Crippen MR) is 104 cm³/mol. The van der Waals surface area contributed by atoms with Crippen molar-refractivity contribution < 1.29 is 14.3 Å². The number of aryl methyl sites for hydroxylation is 2. The molecule has 0 spiro atoms. The zero-order valence-electron chi connectivity index (χ0n) is 16.3. The first-order valence-corrected chi connectivity index (χ1v) is 10.5. The highest BCUT2D eigenvalue weighted by Crippen LogP contribution is 2.27. The van der Waals surface area contributed by atoms with Crippen LogP contribution in [0.15, 0.2) is 6.07 Å². The van der Waals surface area contributed by atoms with E-state index < -0.39 is 0 Å². The van der Waals surface area contributed by atoms with Crippen LogP contribution < -0.4 is 0 Å². The number of thiophene rings is 1. The largest absolute Gasteiger partial charge is 0.372 e. The van der Waals surface area contributed by atoms with Gasteiger partial charge in [-0.05, 0) is 51.7 Å². The minimum atomic E-state index is 0.0350. The van der Waals surface area contributed by atoms with E-state index in [0.29, 0.717) is 26.2 Å². The van der Waals surface area contributed by atoms with E-state index in [1.807, 2.05) is 29.7 Å². The van der Waals surface area contributed by atoms with E-state index in [-0.39, 0.29) is 29.9 Å². The summed E-state index contributed by atoms with van der Waals surface area (Å²) in [6.07, 6.45) is 2.68. The molecule has 1 aromatic heterocycles. The van der Waals surface area contributed by atoms with E-state index in [9.17, 15) is 9.59 Å². The van der Waals surface area contributed by atoms with E-state index in [0.717, 1.165) is 24.1 Å². The van der Waals surface area contributed by atoms with Crippen molar-refractivity contribution in [2.45, 2.75) is 59.2 Å². The minimum Gasteiger partial charge on any atom is -0.372 e. The number of carbonyl (C=O) groups excluding carboxylic acids is 2. The van der Waals surface area contributed by atoms with Crippen molar-refractivity contribution >= 4 is 23.2 Å². The van der Waals surface area contributed by atoms with Crippen molar-refractivity contribution in [3.8, 4) is 0 Å². The first-order chi connectivity index (χ1) is 12.4. The number of amides is 2. The molecule has 3 heterocycles. The van der Waals surface area contributed by atoms with Gasteiger partial charge in [0.15, 0.2) is 0 Å². The highest BCUT2D eigenvalue weighted by Gasteiger charge is 2.34. The number of piperidine rings is 1. The summed E-state index contributed by atoms with van der Waals surface area (Å²) < 4.78 is 5.73. The van der Waals surface area contributed by atoms with Gasteiger partial charge in [0.1, 0.15) is 0 Å². The summed E-state index contributed by atoms with van der Waals surface area (Å²) in [4.78, 5) is 31.6. The molecule has 2 aliphatic rings. The first kappa shape index (κ1) is 19.4. The molecule has 0 unspecified atom stereocenters. The molecule has 2 fully saturated rings.